The zero-order valence-electron chi connectivity index (χ0n) is 41.0. The van der Waals surface area contributed by atoms with Crippen LogP contribution in [-0.4, -0.2) is 68.1 Å². The van der Waals surface area contributed by atoms with Crippen molar-refractivity contribution >= 4 is 35.4 Å². The quantitative estimate of drug-likeness (QED) is 0.0782. The van der Waals surface area contributed by atoms with Crippen LogP contribution < -0.4 is 16.3 Å². The Labute approximate surface area is 364 Å². The summed E-state index contributed by atoms with van der Waals surface area (Å²) in [7, 11) is 0. The molecular weight excluding hydrogens is 761 g/mol. The van der Waals surface area contributed by atoms with Crippen molar-refractivity contribution in [2.24, 2.45) is 10.2 Å². The number of hydrogen-bond acceptors (Lipinski definition) is 8. The highest BCUT2D eigenvalue weighted by atomic mass is 16.2. The molecule has 14 heteroatoms. The molecule has 60 heavy (non-hydrogen) atoms. The molecule has 3 N–H and O–H groups in total. The lowest BCUT2D eigenvalue weighted by atomic mass is 9.97. The molecule has 0 aromatic carbocycles. The molecular formula is C46H84N8O6. The molecule has 0 saturated carbocycles. The summed E-state index contributed by atoms with van der Waals surface area (Å²) in [4.78, 5) is 64.4. The average molecular weight is 845 g/mol. The van der Waals surface area contributed by atoms with E-state index in [1.165, 1.54) is 70.5 Å². The molecule has 0 aliphatic heterocycles. The smallest absolute Gasteiger partial charge is 0.261 e. The first-order valence-corrected chi connectivity index (χ1v) is 20.7. The van der Waals surface area contributed by atoms with Crippen molar-refractivity contribution in [2.75, 3.05) is 0 Å². The number of carbonyl (C=O) groups excluding carboxylic acids is 6. The Morgan fingerprint density at radius 2 is 1.03 bits per heavy atom. The van der Waals surface area contributed by atoms with Crippen molar-refractivity contribution in [3.8, 4) is 0 Å². The van der Waals surface area contributed by atoms with Crippen molar-refractivity contribution in [1.29, 1.82) is 0 Å². The predicted molar refractivity (Wildman–Crippen MR) is 248 cm³/mol. The monoisotopic (exact) mass is 845 g/mol. The van der Waals surface area contributed by atoms with Gasteiger partial charge in [-0.3, -0.25) is 55.1 Å². The molecule has 0 radical (unpaired) electrons. The standard InChI is InChI=1S/2C12H22N2O.C11H20N2O2.C7H14.C4H6N2O2/c2*1-7-10(5)12(8-2)14(9(3)4)13-11(6)15;1-6-8-11(5,7-2)13(10(4)15)12-9(3)14;1-4-6-7(3)5-2;1-3(7)5-6-4(2)8/h7,12H,3,8H2,1-2,4-6H3,(H,13,15);12H,3,5,7-8H2,1-2,4,6H3,(H,13,15);6,8H,7H2,1-5H3,(H,12,14);6H,4-5H2,1-3H3;1-2H3/b10-7+;;8-6+;7-6-;. The summed E-state index contributed by atoms with van der Waals surface area (Å²) in [5.41, 5.74) is 13.2. The normalized spacial score (nSPS) is 12.7. The van der Waals surface area contributed by atoms with Crippen molar-refractivity contribution in [3.05, 3.63) is 72.2 Å². The van der Waals surface area contributed by atoms with Crippen LogP contribution in [0.2, 0.25) is 0 Å². The Morgan fingerprint density at radius 1 is 0.633 bits per heavy atom. The van der Waals surface area contributed by atoms with E-state index in [9.17, 15) is 28.8 Å². The van der Waals surface area contributed by atoms with Gasteiger partial charge in [0.25, 0.3) is 11.8 Å². The first kappa shape index (κ1) is 64.0. The summed E-state index contributed by atoms with van der Waals surface area (Å²) in [6.07, 6.45) is 14.0. The van der Waals surface area contributed by atoms with Crippen molar-refractivity contribution in [3.63, 3.8) is 0 Å². The third kappa shape index (κ3) is 32.8. The number of nitrogens with one attached hydrogen (secondary N) is 3. The van der Waals surface area contributed by atoms with Gasteiger partial charge < -0.3 is 0 Å². The second-order valence-corrected chi connectivity index (χ2v) is 14.2. The molecule has 6 amide bonds. The third-order valence-corrected chi connectivity index (χ3v) is 8.46. The Bertz CT molecular complexity index is 1480. The van der Waals surface area contributed by atoms with Gasteiger partial charge in [0, 0.05) is 52.9 Å². The fourth-order valence-electron chi connectivity index (χ4n) is 5.07. The summed E-state index contributed by atoms with van der Waals surface area (Å²) < 4.78 is 0. The van der Waals surface area contributed by atoms with Crippen molar-refractivity contribution in [2.45, 2.75) is 188 Å². The van der Waals surface area contributed by atoms with E-state index in [0.717, 1.165) is 42.7 Å². The predicted octanol–water partition coefficient (Wildman–Crippen LogP) is 10.2. The highest BCUT2D eigenvalue weighted by molar-refractivity contribution is 5.80. The number of allylic oxidation sites excluding steroid dienone is 6. The van der Waals surface area contributed by atoms with E-state index in [2.05, 4.69) is 107 Å². The van der Waals surface area contributed by atoms with Crippen LogP contribution in [0.4, 0.5) is 0 Å². The molecule has 3 unspecified atom stereocenters. The van der Waals surface area contributed by atoms with Crippen LogP contribution in [0, 0.1) is 0 Å². The average Bonchev–Trinajstić information content (AvgIpc) is 3.16. The zero-order chi connectivity index (χ0) is 48.3. The third-order valence-electron chi connectivity index (χ3n) is 8.46. The molecule has 0 fully saturated rings. The summed E-state index contributed by atoms with van der Waals surface area (Å²) in [6, 6.07) is 0.327. The topological polar surface area (TPSA) is 173 Å². The second kappa shape index (κ2) is 36.9. The van der Waals surface area contributed by atoms with Gasteiger partial charge in [-0.2, -0.15) is 0 Å². The molecule has 0 rings (SSSR count). The van der Waals surface area contributed by atoms with Crippen LogP contribution in [0.1, 0.15) is 170 Å². The van der Waals surface area contributed by atoms with Crippen LogP contribution in [0.15, 0.2) is 82.4 Å². The number of carbonyl (C=O) groups is 6. The van der Waals surface area contributed by atoms with Crippen LogP contribution in [-0.2, 0) is 28.8 Å². The van der Waals surface area contributed by atoms with E-state index in [4.69, 9.17) is 0 Å². The number of hydrazine groups is 3. The van der Waals surface area contributed by atoms with Crippen LogP contribution >= 0.6 is 0 Å². The molecule has 0 bridgehead atoms. The van der Waals surface area contributed by atoms with E-state index in [1.807, 2.05) is 58.7 Å². The van der Waals surface area contributed by atoms with Gasteiger partial charge in [-0.1, -0.05) is 102 Å². The molecule has 0 aromatic heterocycles. The largest absolute Gasteiger partial charge is 0.283 e. The molecule has 3 atom stereocenters. The van der Waals surface area contributed by atoms with Crippen LogP contribution in [0.25, 0.3) is 0 Å². The van der Waals surface area contributed by atoms with E-state index < -0.39 is 17.4 Å². The zero-order valence-corrected chi connectivity index (χ0v) is 41.0. The van der Waals surface area contributed by atoms with Gasteiger partial charge in [0.05, 0.1) is 17.6 Å². The number of hydrogen-bond donors (Lipinski definition) is 3. The van der Waals surface area contributed by atoms with Crippen molar-refractivity contribution < 1.29 is 28.8 Å². The Morgan fingerprint density at radius 3 is 1.25 bits per heavy atom. The van der Waals surface area contributed by atoms with E-state index in [-0.39, 0.29) is 35.7 Å². The Hall–Kier alpha value is -5.14. The molecule has 0 heterocycles. The summed E-state index contributed by atoms with van der Waals surface area (Å²) in [6.45, 7) is 46.4. The maximum absolute atomic E-state index is 11.4. The fraction of sp³-hybridized carbons (Fsp3) is 0.609. The summed E-state index contributed by atoms with van der Waals surface area (Å²) >= 11 is 0. The fourth-order valence-corrected chi connectivity index (χ4v) is 5.07. The van der Waals surface area contributed by atoms with Crippen LogP contribution in [0.3, 0.4) is 0 Å². The van der Waals surface area contributed by atoms with Gasteiger partial charge in [0.15, 0.2) is 0 Å². The van der Waals surface area contributed by atoms with Gasteiger partial charge in [-0.25, -0.2) is 5.01 Å². The number of rotatable bonds is 16. The summed E-state index contributed by atoms with van der Waals surface area (Å²) in [5.74, 6) is -1.48. The van der Waals surface area contributed by atoms with Gasteiger partial charge in [0.1, 0.15) is 0 Å². The molecule has 14 nitrogen and oxygen atoms in total. The first-order valence-electron chi connectivity index (χ1n) is 20.7. The maximum Gasteiger partial charge on any atom is 0.261 e. The van der Waals surface area contributed by atoms with Gasteiger partial charge >= 0.3 is 0 Å². The minimum absolute atomic E-state index is 0.0691. The van der Waals surface area contributed by atoms with E-state index in [0.29, 0.717) is 0 Å². The van der Waals surface area contributed by atoms with Crippen molar-refractivity contribution in [1.82, 2.24) is 31.3 Å². The maximum atomic E-state index is 11.4. The Balaban J connectivity index is -0.000000217. The number of amides is 6. The summed E-state index contributed by atoms with van der Waals surface area (Å²) in [5, 5.41) is 10.9. The molecule has 0 aromatic rings. The van der Waals surface area contributed by atoms with E-state index in [1.54, 1.807) is 5.01 Å². The molecule has 0 saturated heterocycles. The molecule has 0 spiro atoms. The van der Waals surface area contributed by atoms with Gasteiger partial charge in [-0.05, 0) is 87.0 Å². The number of azo groups is 1. The minimum Gasteiger partial charge on any atom is -0.283 e. The molecule has 344 valence electrons. The second-order valence-electron chi connectivity index (χ2n) is 14.2. The van der Waals surface area contributed by atoms with E-state index >= 15 is 0 Å². The minimum atomic E-state index is -0.466. The number of nitrogens with zero attached hydrogens (tertiary/aromatic N) is 5. The highest BCUT2D eigenvalue weighted by Gasteiger charge is 2.30. The van der Waals surface area contributed by atoms with Gasteiger partial charge in [0.2, 0.25) is 23.6 Å². The first-order chi connectivity index (χ1) is 27.7. The lowest BCUT2D eigenvalue weighted by molar-refractivity contribution is -0.144. The lowest BCUT2D eigenvalue weighted by Gasteiger charge is -2.37. The molecule has 0 aliphatic carbocycles. The molecule has 0 aliphatic rings. The Kier molecular flexibility index (Phi) is 39.4. The highest BCUT2D eigenvalue weighted by Crippen LogP contribution is 2.20. The van der Waals surface area contributed by atoms with Gasteiger partial charge in [-0.15, -0.1) is 10.2 Å². The lowest BCUT2D eigenvalue weighted by Crippen LogP contribution is -2.56. The van der Waals surface area contributed by atoms with Crippen LogP contribution in [0.5, 0.6) is 0 Å². The SMILES string of the molecule is C/C=C/C(C)(CC)N(NC(C)=O)C(C)=O.C=C(C)N(NC(C)=O)C(CC)/C(C)=C/C.C=C(CC)C(CC)N(NC(C)=O)C(=C)C.CC(=O)N=NC(C)=O.CC/C=C(/C)CC.